The fourth-order valence-corrected chi connectivity index (χ4v) is 2.48. The third kappa shape index (κ3) is 4.08. The van der Waals surface area contributed by atoms with E-state index in [4.69, 9.17) is 33.0 Å². The molecule has 0 aliphatic carbocycles. The molecule has 2 rings (SSSR count). The molecular formula is C13H15Cl2NO3. The van der Waals surface area contributed by atoms with Crippen molar-refractivity contribution in [1.29, 1.82) is 0 Å². The van der Waals surface area contributed by atoms with Crippen molar-refractivity contribution in [3.8, 4) is 0 Å². The van der Waals surface area contributed by atoms with E-state index in [9.17, 15) is 4.79 Å². The third-order valence-corrected chi connectivity index (χ3v) is 3.87. The summed E-state index contributed by atoms with van der Waals surface area (Å²) < 4.78 is 5.34. The van der Waals surface area contributed by atoms with Crippen LogP contribution in [0.3, 0.4) is 0 Å². The quantitative estimate of drug-likeness (QED) is 0.929. The first-order valence-corrected chi connectivity index (χ1v) is 6.79. The van der Waals surface area contributed by atoms with Crippen molar-refractivity contribution in [1.82, 2.24) is 4.90 Å². The molecule has 1 fully saturated rings. The molecule has 1 aromatic rings. The molecule has 0 amide bonds. The molecular weight excluding hydrogens is 289 g/mol. The van der Waals surface area contributed by atoms with Crippen LogP contribution in [0.1, 0.15) is 12.0 Å². The van der Waals surface area contributed by atoms with Gasteiger partial charge in [-0.25, -0.2) is 0 Å². The second-order valence-electron chi connectivity index (χ2n) is 4.55. The minimum atomic E-state index is -0.811. The number of carboxylic acids is 1. The Hall–Kier alpha value is -0.810. The van der Waals surface area contributed by atoms with Gasteiger partial charge in [-0.15, -0.1) is 0 Å². The van der Waals surface area contributed by atoms with Crippen molar-refractivity contribution in [2.45, 2.75) is 19.0 Å². The minimum Gasteiger partial charge on any atom is -0.481 e. The van der Waals surface area contributed by atoms with Gasteiger partial charge in [0.2, 0.25) is 0 Å². The van der Waals surface area contributed by atoms with Crippen molar-refractivity contribution < 1.29 is 14.6 Å². The molecule has 0 bridgehead atoms. The van der Waals surface area contributed by atoms with E-state index in [-0.39, 0.29) is 12.5 Å². The lowest BCUT2D eigenvalue weighted by Gasteiger charge is -2.34. The molecule has 1 saturated heterocycles. The van der Waals surface area contributed by atoms with Crippen LogP contribution < -0.4 is 0 Å². The zero-order valence-electron chi connectivity index (χ0n) is 10.3. The maximum Gasteiger partial charge on any atom is 0.305 e. The predicted octanol–water partition coefficient (Wildman–Crippen LogP) is 2.67. The van der Waals surface area contributed by atoms with Gasteiger partial charge in [0.05, 0.1) is 29.7 Å². The Balaban J connectivity index is 2.06. The lowest BCUT2D eigenvalue weighted by atomic mass is 10.1. The van der Waals surface area contributed by atoms with E-state index in [1.165, 1.54) is 0 Å². The fraction of sp³-hybridized carbons (Fsp3) is 0.462. The number of carbonyl (C=O) groups is 1. The zero-order valence-corrected chi connectivity index (χ0v) is 11.8. The number of ether oxygens (including phenoxy) is 1. The van der Waals surface area contributed by atoms with Gasteiger partial charge in [-0.1, -0.05) is 29.3 Å². The number of aliphatic carboxylic acids is 1. The summed E-state index contributed by atoms with van der Waals surface area (Å²) in [6.07, 6.45) is 0.0846. The molecule has 1 aromatic carbocycles. The highest BCUT2D eigenvalue weighted by atomic mass is 35.5. The van der Waals surface area contributed by atoms with Crippen molar-refractivity contribution in [2.24, 2.45) is 0 Å². The molecule has 104 valence electrons. The molecule has 19 heavy (non-hydrogen) atoms. The number of nitrogens with zero attached hydrogens (tertiary/aromatic N) is 1. The number of rotatable bonds is 4. The van der Waals surface area contributed by atoms with Gasteiger partial charge >= 0.3 is 5.97 Å². The van der Waals surface area contributed by atoms with Crippen molar-refractivity contribution in [2.75, 3.05) is 19.8 Å². The first-order chi connectivity index (χ1) is 9.06. The lowest BCUT2D eigenvalue weighted by molar-refractivity contribution is -0.140. The summed E-state index contributed by atoms with van der Waals surface area (Å²) in [5, 5.41) is 9.95. The molecule has 0 aromatic heterocycles. The summed E-state index contributed by atoms with van der Waals surface area (Å²) in [5.74, 6) is -0.811. The average Bonchev–Trinajstić information content (AvgIpc) is 2.36. The van der Waals surface area contributed by atoms with Gasteiger partial charge in [0.1, 0.15) is 0 Å². The van der Waals surface area contributed by atoms with Crippen LogP contribution in [0.2, 0.25) is 10.0 Å². The molecule has 1 aliphatic rings. The minimum absolute atomic E-state index is 0.0846. The average molecular weight is 304 g/mol. The number of carboxylic acid groups (broad SMARTS) is 1. The third-order valence-electron chi connectivity index (χ3n) is 3.13. The Labute approximate surface area is 121 Å². The Bertz CT molecular complexity index is 467. The molecule has 1 atom stereocenters. The summed E-state index contributed by atoms with van der Waals surface area (Å²) in [4.78, 5) is 13.0. The highest BCUT2D eigenvalue weighted by Crippen LogP contribution is 2.24. The number of morpholine rings is 1. The van der Waals surface area contributed by atoms with E-state index >= 15 is 0 Å². The van der Waals surface area contributed by atoms with E-state index in [0.29, 0.717) is 29.8 Å². The topological polar surface area (TPSA) is 49.8 Å². The number of benzene rings is 1. The van der Waals surface area contributed by atoms with E-state index in [0.717, 1.165) is 12.1 Å². The van der Waals surface area contributed by atoms with Crippen LogP contribution in [0.4, 0.5) is 0 Å². The SMILES string of the molecule is O=C(O)CC1COCCN1Cc1ccc(Cl)c(Cl)c1. The van der Waals surface area contributed by atoms with Gasteiger partial charge in [-0.05, 0) is 17.7 Å². The fourth-order valence-electron chi connectivity index (χ4n) is 2.16. The number of halogens is 2. The van der Waals surface area contributed by atoms with E-state index in [1.807, 2.05) is 12.1 Å². The van der Waals surface area contributed by atoms with Crippen LogP contribution in [0.5, 0.6) is 0 Å². The normalized spacial score (nSPS) is 20.4. The lowest BCUT2D eigenvalue weighted by Crippen LogP contribution is -2.45. The van der Waals surface area contributed by atoms with E-state index < -0.39 is 5.97 Å². The smallest absolute Gasteiger partial charge is 0.305 e. The maximum atomic E-state index is 10.8. The molecule has 1 aliphatic heterocycles. The Morgan fingerprint density at radius 3 is 2.89 bits per heavy atom. The summed E-state index contributed by atoms with van der Waals surface area (Å²) in [5.41, 5.74) is 1.02. The predicted molar refractivity (Wildman–Crippen MR) is 73.7 cm³/mol. The molecule has 1 heterocycles. The van der Waals surface area contributed by atoms with Crippen LogP contribution in [-0.2, 0) is 16.1 Å². The first-order valence-electron chi connectivity index (χ1n) is 6.04. The molecule has 1 unspecified atom stereocenters. The first kappa shape index (κ1) is 14.6. The summed E-state index contributed by atoms with van der Waals surface area (Å²) in [6, 6.07) is 5.38. The maximum absolute atomic E-state index is 10.8. The van der Waals surface area contributed by atoms with Gasteiger partial charge in [0.15, 0.2) is 0 Å². The van der Waals surface area contributed by atoms with Crippen molar-refractivity contribution >= 4 is 29.2 Å². The molecule has 0 radical (unpaired) electrons. The number of hydrogen-bond donors (Lipinski definition) is 1. The highest BCUT2D eigenvalue weighted by molar-refractivity contribution is 6.42. The summed E-state index contributed by atoms with van der Waals surface area (Å²) in [7, 11) is 0. The largest absolute Gasteiger partial charge is 0.481 e. The molecule has 0 saturated carbocycles. The monoisotopic (exact) mass is 303 g/mol. The number of hydrogen-bond acceptors (Lipinski definition) is 3. The second kappa shape index (κ2) is 6.57. The molecule has 0 spiro atoms. The van der Waals surface area contributed by atoms with Gasteiger partial charge in [-0.3, -0.25) is 9.69 Å². The standard InChI is InChI=1S/C13H15Cl2NO3/c14-11-2-1-9(5-12(11)15)7-16-3-4-19-8-10(16)6-13(17)18/h1-2,5,10H,3-4,6-8H2,(H,17,18). The molecule has 1 N–H and O–H groups in total. The van der Waals surface area contributed by atoms with E-state index in [1.54, 1.807) is 6.07 Å². The highest BCUT2D eigenvalue weighted by Gasteiger charge is 2.25. The van der Waals surface area contributed by atoms with Gasteiger partial charge < -0.3 is 9.84 Å². The van der Waals surface area contributed by atoms with Crippen LogP contribution in [0.25, 0.3) is 0 Å². The summed E-state index contributed by atoms with van der Waals surface area (Å²) in [6.45, 7) is 2.45. The van der Waals surface area contributed by atoms with Crippen molar-refractivity contribution in [3.05, 3.63) is 33.8 Å². The van der Waals surface area contributed by atoms with Crippen LogP contribution in [0, 0.1) is 0 Å². The van der Waals surface area contributed by atoms with Gasteiger partial charge in [0, 0.05) is 19.1 Å². The van der Waals surface area contributed by atoms with Crippen LogP contribution in [0.15, 0.2) is 18.2 Å². The van der Waals surface area contributed by atoms with Crippen molar-refractivity contribution in [3.63, 3.8) is 0 Å². The van der Waals surface area contributed by atoms with Crippen LogP contribution in [-0.4, -0.2) is 41.8 Å². The zero-order chi connectivity index (χ0) is 13.8. The van der Waals surface area contributed by atoms with Crippen LogP contribution >= 0.6 is 23.2 Å². The van der Waals surface area contributed by atoms with Gasteiger partial charge in [-0.2, -0.15) is 0 Å². The van der Waals surface area contributed by atoms with E-state index in [2.05, 4.69) is 4.90 Å². The molecule has 6 heteroatoms. The Morgan fingerprint density at radius 2 is 2.21 bits per heavy atom. The Morgan fingerprint density at radius 1 is 1.42 bits per heavy atom. The second-order valence-corrected chi connectivity index (χ2v) is 5.36. The Kier molecular flexibility index (Phi) is 5.05. The summed E-state index contributed by atoms with van der Waals surface area (Å²) >= 11 is 11.9. The van der Waals surface area contributed by atoms with Gasteiger partial charge in [0.25, 0.3) is 0 Å². The molecule has 4 nitrogen and oxygen atoms in total.